The molecule has 1 rings (SSSR count). The predicted molar refractivity (Wildman–Crippen MR) is 66.3 cm³/mol. The van der Waals surface area contributed by atoms with Crippen molar-refractivity contribution in [2.45, 2.75) is 39.4 Å². The maximum atomic E-state index is 5.43. The fourth-order valence-electron chi connectivity index (χ4n) is 1.66. The van der Waals surface area contributed by atoms with Crippen molar-refractivity contribution in [2.75, 3.05) is 18.5 Å². The van der Waals surface area contributed by atoms with Crippen LogP contribution in [0.15, 0.2) is 11.6 Å². The highest BCUT2D eigenvalue weighted by Gasteiger charge is 2.18. The predicted octanol–water partition coefficient (Wildman–Crippen LogP) is 3.51. The molecule has 0 aliphatic carbocycles. The molecule has 1 aliphatic heterocycles. The molecular weight excluding hydrogens is 256 g/mol. The van der Waals surface area contributed by atoms with Crippen molar-refractivity contribution >= 4 is 15.9 Å². The summed E-state index contributed by atoms with van der Waals surface area (Å²) in [5.74, 6) is 0.674. The molecule has 0 aromatic carbocycles. The van der Waals surface area contributed by atoms with Gasteiger partial charge in [-0.3, -0.25) is 0 Å². The van der Waals surface area contributed by atoms with Crippen LogP contribution in [0.3, 0.4) is 0 Å². The first-order chi connectivity index (χ1) is 7.22. The second-order valence-electron chi connectivity index (χ2n) is 4.27. The van der Waals surface area contributed by atoms with Gasteiger partial charge in [0.15, 0.2) is 6.29 Å². The zero-order valence-electron chi connectivity index (χ0n) is 9.67. The first-order valence-corrected chi connectivity index (χ1v) is 6.79. The molecule has 3 heteroatoms. The van der Waals surface area contributed by atoms with Gasteiger partial charge < -0.3 is 9.47 Å². The quantitative estimate of drug-likeness (QED) is 0.546. The van der Waals surface area contributed by atoms with Crippen molar-refractivity contribution in [3.05, 3.63) is 11.6 Å². The smallest absolute Gasteiger partial charge is 0.158 e. The van der Waals surface area contributed by atoms with Crippen LogP contribution in [-0.2, 0) is 9.47 Å². The van der Waals surface area contributed by atoms with Gasteiger partial charge in [-0.15, -0.1) is 0 Å². The average molecular weight is 277 g/mol. The van der Waals surface area contributed by atoms with Gasteiger partial charge >= 0.3 is 0 Å². The lowest BCUT2D eigenvalue weighted by molar-refractivity contribution is -0.0560. The van der Waals surface area contributed by atoms with Crippen molar-refractivity contribution in [3.63, 3.8) is 0 Å². The van der Waals surface area contributed by atoms with E-state index >= 15 is 0 Å². The Morgan fingerprint density at radius 3 is 2.73 bits per heavy atom. The third kappa shape index (κ3) is 5.69. The summed E-state index contributed by atoms with van der Waals surface area (Å²) < 4.78 is 10.9. The van der Waals surface area contributed by atoms with Gasteiger partial charge in [0.2, 0.25) is 0 Å². The highest BCUT2D eigenvalue weighted by atomic mass is 79.9. The van der Waals surface area contributed by atoms with Crippen molar-refractivity contribution < 1.29 is 9.47 Å². The number of alkyl halides is 1. The molecule has 0 aromatic heterocycles. The van der Waals surface area contributed by atoms with Crippen LogP contribution in [0.5, 0.6) is 0 Å². The molecule has 15 heavy (non-hydrogen) atoms. The topological polar surface area (TPSA) is 18.5 Å². The van der Waals surface area contributed by atoms with E-state index in [1.165, 1.54) is 12.0 Å². The van der Waals surface area contributed by atoms with Gasteiger partial charge in [-0.2, -0.15) is 0 Å². The minimum Gasteiger partial charge on any atom is -0.350 e. The van der Waals surface area contributed by atoms with Gasteiger partial charge in [0.1, 0.15) is 0 Å². The average Bonchev–Trinajstić information content (AvgIpc) is 2.70. The van der Waals surface area contributed by atoms with Crippen LogP contribution in [0.4, 0.5) is 0 Å². The lowest BCUT2D eigenvalue weighted by Crippen LogP contribution is -2.12. The van der Waals surface area contributed by atoms with E-state index in [1.807, 2.05) is 0 Å². The fourth-order valence-corrected chi connectivity index (χ4v) is 1.89. The van der Waals surface area contributed by atoms with Gasteiger partial charge in [-0.1, -0.05) is 34.5 Å². The van der Waals surface area contributed by atoms with Crippen molar-refractivity contribution in [3.8, 4) is 0 Å². The second kappa shape index (κ2) is 7.42. The molecule has 1 fully saturated rings. The monoisotopic (exact) mass is 276 g/mol. The van der Waals surface area contributed by atoms with E-state index in [-0.39, 0.29) is 6.29 Å². The molecule has 1 atom stereocenters. The van der Waals surface area contributed by atoms with Gasteiger partial charge in [0.05, 0.1) is 13.2 Å². The minimum absolute atomic E-state index is 0.0567. The lowest BCUT2D eigenvalue weighted by Gasteiger charge is -2.14. The Bertz CT molecular complexity index is 198. The summed E-state index contributed by atoms with van der Waals surface area (Å²) in [5, 5.41) is 0.982. The van der Waals surface area contributed by atoms with Crippen LogP contribution in [0.2, 0.25) is 0 Å². The lowest BCUT2D eigenvalue weighted by atomic mass is 10.0. The van der Waals surface area contributed by atoms with E-state index in [0.717, 1.165) is 31.4 Å². The molecule has 1 heterocycles. The Morgan fingerprint density at radius 2 is 2.13 bits per heavy atom. The van der Waals surface area contributed by atoms with Crippen LogP contribution in [0.1, 0.15) is 33.1 Å². The molecule has 0 bridgehead atoms. The van der Waals surface area contributed by atoms with Crippen LogP contribution >= 0.6 is 15.9 Å². The number of halogens is 1. The normalized spacial score (nSPS) is 20.9. The molecular formula is C12H21BrO2. The first kappa shape index (κ1) is 13.2. The number of rotatable bonds is 6. The SMILES string of the molecule is C/C(=C\CC[C@H](C)CC1OCCO1)CBr. The molecule has 0 N–H and O–H groups in total. The van der Waals surface area contributed by atoms with E-state index in [0.29, 0.717) is 5.92 Å². The van der Waals surface area contributed by atoms with Crippen molar-refractivity contribution in [1.82, 2.24) is 0 Å². The molecule has 0 spiro atoms. The number of hydrogen-bond donors (Lipinski definition) is 0. The fraction of sp³-hybridized carbons (Fsp3) is 0.833. The molecule has 2 nitrogen and oxygen atoms in total. The molecule has 0 saturated carbocycles. The summed E-state index contributed by atoms with van der Waals surface area (Å²) in [4.78, 5) is 0. The summed E-state index contributed by atoms with van der Waals surface area (Å²) in [7, 11) is 0. The summed E-state index contributed by atoms with van der Waals surface area (Å²) in [5.41, 5.74) is 1.41. The van der Waals surface area contributed by atoms with Crippen LogP contribution in [-0.4, -0.2) is 24.8 Å². The first-order valence-electron chi connectivity index (χ1n) is 5.67. The second-order valence-corrected chi connectivity index (χ2v) is 4.83. The van der Waals surface area contributed by atoms with E-state index in [9.17, 15) is 0 Å². The molecule has 0 radical (unpaired) electrons. The van der Waals surface area contributed by atoms with E-state index in [1.54, 1.807) is 0 Å². The van der Waals surface area contributed by atoms with Crippen molar-refractivity contribution in [2.24, 2.45) is 5.92 Å². The summed E-state index contributed by atoms with van der Waals surface area (Å²) in [6, 6.07) is 0. The molecule has 0 amide bonds. The number of allylic oxidation sites excluding steroid dienone is 2. The van der Waals surface area contributed by atoms with Gasteiger partial charge in [0.25, 0.3) is 0 Å². The summed E-state index contributed by atoms with van der Waals surface area (Å²) >= 11 is 3.44. The molecule has 0 unspecified atom stereocenters. The molecule has 88 valence electrons. The summed E-state index contributed by atoms with van der Waals surface area (Å²) in [6.07, 6.45) is 5.77. The largest absolute Gasteiger partial charge is 0.350 e. The minimum atomic E-state index is 0.0567. The third-order valence-corrected chi connectivity index (χ3v) is 3.53. The highest BCUT2D eigenvalue weighted by Crippen LogP contribution is 2.19. The van der Waals surface area contributed by atoms with Gasteiger partial charge in [0, 0.05) is 11.8 Å². The van der Waals surface area contributed by atoms with Crippen LogP contribution < -0.4 is 0 Å². The van der Waals surface area contributed by atoms with E-state index in [2.05, 4.69) is 35.9 Å². The maximum Gasteiger partial charge on any atom is 0.158 e. The van der Waals surface area contributed by atoms with Crippen molar-refractivity contribution in [1.29, 1.82) is 0 Å². The zero-order valence-corrected chi connectivity index (χ0v) is 11.3. The summed E-state index contributed by atoms with van der Waals surface area (Å²) in [6.45, 7) is 5.95. The molecule has 0 aromatic rings. The van der Waals surface area contributed by atoms with E-state index < -0.39 is 0 Å². The Morgan fingerprint density at radius 1 is 1.47 bits per heavy atom. The van der Waals surface area contributed by atoms with Crippen LogP contribution in [0.25, 0.3) is 0 Å². The Hall–Kier alpha value is 0.140. The third-order valence-electron chi connectivity index (χ3n) is 2.65. The standard InChI is InChI=1S/C12H21BrO2/c1-10(4-3-5-11(2)9-13)8-12-14-6-7-15-12/h5,10,12H,3-4,6-9H2,1-2H3/b11-5+/t10-/m0/s1. The zero-order chi connectivity index (χ0) is 11.1. The van der Waals surface area contributed by atoms with Gasteiger partial charge in [-0.25, -0.2) is 0 Å². The van der Waals surface area contributed by atoms with Gasteiger partial charge in [-0.05, 0) is 25.7 Å². The number of hydrogen-bond acceptors (Lipinski definition) is 2. The van der Waals surface area contributed by atoms with E-state index in [4.69, 9.17) is 9.47 Å². The molecule has 1 saturated heterocycles. The highest BCUT2D eigenvalue weighted by molar-refractivity contribution is 9.09. The Kier molecular flexibility index (Phi) is 6.53. The molecule has 1 aliphatic rings. The Labute approximate surface area is 101 Å². The Balaban J connectivity index is 2.10. The number of ether oxygens (including phenoxy) is 2. The van der Waals surface area contributed by atoms with Crippen LogP contribution in [0, 0.1) is 5.92 Å². The maximum absolute atomic E-state index is 5.43.